The van der Waals surface area contributed by atoms with Gasteiger partial charge in [-0.25, -0.2) is 9.37 Å². The molecule has 1 aromatic heterocycles. The number of aromatic nitrogens is 1. The van der Waals surface area contributed by atoms with Crippen molar-refractivity contribution in [1.29, 1.82) is 0 Å². The van der Waals surface area contributed by atoms with Crippen molar-refractivity contribution in [3.8, 4) is 5.75 Å². The number of nitrogens with zero attached hydrogens (tertiary/aromatic N) is 3. The predicted octanol–water partition coefficient (Wildman–Crippen LogP) is 5.20. The number of amides is 1. The standard InChI is InChI=1S/C25H23F4N3O2S/c26-18-6-4-16(5-7-18)9-31-11-20-21(12-31)22(20)13-32(24(33)23-14-35-15-30-23)10-17-2-1-3-19(8-17)34-25(27,28)29/h1-8,14-15,20-22H,9-13H2. The molecule has 0 N–H and O–H groups in total. The molecule has 10 heteroatoms. The van der Waals surface area contributed by atoms with E-state index in [9.17, 15) is 22.4 Å². The van der Waals surface area contributed by atoms with Gasteiger partial charge in [0.25, 0.3) is 5.91 Å². The van der Waals surface area contributed by atoms with E-state index in [0.29, 0.717) is 35.6 Å². The summed E-state index contributed by atoms with van der Waals surface area (Å²) in [6.07, 6.45) is -4.78. The minimum Gasteiger partial charge on any atom is -0.406 e. The minimum absolute atomic E-state index is 0.167. The third-order valence-electron chi connectivity index (χ3n) is 6.64. The largest absolute Gasteiger partial charge is 0.573 e. The van der Waals surface area contributed by atoms with Gasteiger partial charge in [-0.1, -0.05) is 24.3 Å². The highest BCUT2D eigenvalue weighted by molar-refractivity contribution is 7.07. The van der Waals surface area contributed by atoms with E-state index in [1.54, 1.807) is 34.0 Å². The SMILES string of the molecule is O=C(c1cscn1)N(Cc1cccc(OC(F)(F)F)c1)CC1C2CN(Cc3ccc(F)cc3)CC21. The van der Waals surface area contributed by atoms with Gasteiger partial charge < -0.3 is 9.64 Å². The Morgan fingerprint density at radius 3 is 2.51 bits per heavy atom. The Morgan fingerprint density at radius 2 is 1.86 bits per heavy atom. The van der Waals surface area contributed by atoms with Crippen LogP contribution in [0.25, 0.3) is 0 Å². The number of benzene rings is 2. The molecular formula is C25H23F4N3O2S. The summed E-state index contributed by atoms with van der Waals surface area (Å²) >= 11 is 1.32. The highest BCUT2D eigenvalue weighted by atomic mass is 32.1. The molecule has 2 unspecified atom stereocenters. The zero-order chi connectivity index (χ0) is 24.6. The summed E-state index contributed by atoms with van der Waals surface area (Å²) in [5.74, 6) is 0.453. The Hall–Kier alpha value is -2.98. The van der Waals surface area contributed by atoms with Gasteiger partial charge >= 0.3 is 6.36 Å². The molecule has 1 aliphatic heterocycles. The second kappa shape index (κ2) is 9.58. The molecule has 184 valence electrons. The van der Waals surface area contributed by atoms with E-state index in [1.165, 1.54) is 41.7 Å². The first-order chi connectivity index (χ1) is 16.7. The van der Waals surface area contributed by atoms with Crippen LogP contribution in [0.3, 0.4) is 0 Å². The first kappa shape index (κ1) is 23.7. The maximum atomic E-state index is 13.2. The normalized spacial score (nSPS) is 21.5. The molecule has 0 bridgehead atoms. The third-order valence-corrected chi connectivity index (χ3v) is 7.23. The second-order valence-electron chi connectivity index (χ2n) is 9.07. The Morgan fingerprint density at radius 1 is 1.11 bits per heavy atom. The van der Waals surface area contributed by atoms with Crippen molar-refractivity contribution in [2.24, 2.45) is 17.8 Å². The number of alkyl halides is 3. The molecule has 1 saturated carbocycles. The molecule has 35 heavy (non-hydrogen) atoms. The number of hydrogen-bond acceptors (Lipinski definition) is 5. The van der Waals surface area contributed by atoms with Gasteiger partial charge in [0.05, 0.1) is 5.51 Å². The number of carbonyl (C=O) groups is 1. The van der Waals surface area contributed by atoms with Gasteiger partial charge in [0, 0.05) is 38.1 Å². The lowest BCUT2D eigenvalue weighted by Crippen LogP contribution is -2.35. The first-order valence-electron chi connectivity index (χ1n) is 11.2. The van der Waals surface area contributed by atoms with Crippen LogP contribution < -0.4 is 4.74 Å². The van der Waals surface area contributed by atoms with Crippen LogP contribution in [-0.2, 0) is 13.1 Å². The molecule has 2 fully saturated rings. The van der Waals surface area contributed by atoms with Crippen LogP contribution >= 0.6 is 11.3 Å². The number of fused-ring (bicyclic) bond motifs is 1. The van der Waals surface area contributed by atoms with Crippen LogP contribution in [0.1, 0.15) is 21.6 Å². The van der Waals surface area contributed by atoms with Crippen molar-refractivity contribution in [3.63, 3.8) is 0 Å². The number of hydrogen-bond donors (Lipinski definition) is 0. The van der Waals surface area contributed by atoms with E-state index in [2.05, 4.69) is 14.6 Å². The van der Waals surface area contributed by atoms with E-state index < -0.39 is 6.36 Å². The van der Waals surface area contributed by atoms with E-state index in [1.807, 2.05) is 0 Å². The number of piperidine rings is 1. The van der Waals surface area contributed by atoms with Gasteiger partial charge in [0.15, 0.2) is 0 Å². The Kier molecular flexibility index (Phi) is 6.50. The number of thiazole rings is 1. The van der Waals surface area contributed by atoms with Crippen LogP contribution in [0.5, 0.6) is 5.75 Å². The molecule has 1 saturated heterocycles. The topological polar surface area (TPSA) is 45.7 Å². The highest BCUT2D eigenvalue weighted by Gasteiger charge is 2.55. The highest BCUT2D eigenvalue weighted by Crippen LogP contribution is 2.52. The number of ether oxygens (including phenoxy) is 1. The predicted molar refractivity (Wildman–Crippen MR) is 122 cm³/mol. The van der Waals surface area contributed by atoms with Crippen molar-refractivity contribution in [3.05, 3.63) is 82.1 Å². The number of halogens is 4. The first-order valence-corrected chi connectivity index (χ1v) is 12.2. The van der Waals surface area contributed by atoms with Gasteiger partial charge in [0.2, 0.25) is 0 Å². The minimum atomic E-state index is -4.78. The van der Waals surface area contributed by atoms with Crippen LogP contribution in [0.2, 0.25) is 0 Å². The lowest BCUT2D eigenvalue weighted by Gasteiger charge is -2.25. The van der Waals surface area contributed by atoms with Crippen LogP contribution in [-0.4, -0.2) is 46.7 Å². The van der Waals surface area contributed by atoms with E-state index in [-0.39, 0.29) is 24.0 Å². The fraction of sp³-hybridized carbons (Fsp3) is 0.360. The second-order valence-corrected chi connectivity index (χ2v) is 9.79. The summed E-state index contributed by atoms with van der Waals surface area (Å²) < 4.78 is 55.1. The Labute approximate surface area is 204 Å². The molecule has 0 radical (unpaired) electrons. The average Bonchev–Trinajstić information content (AvgIpc) is 3.20. The Balaban J connectivity index is 1.24. The zero-order valence-corrected chi connectivity index (χ0v) is 19.4. The monoisotopic (exact) mass is 505 g/mol. The van der Waals surface area contributed by atoms with Crippen molar-refractivity contribution in [2.75, 3.05) is 19.6 Å². The molecular weight excluding hydrogens is 482 g/mol. The van der Waals surface area contributed by atoms with Crippen molar-refractivity contribution in [1.82, 2.24) is 14.8 Å². The average molecular weight is 506 g/mol. The summed E-state index contributed by atoms with van der Waals surface area (Å²) in [6, 6.07) is 12.2. The van der Waals surface area contributed by atoms with Gasteiger partial charge in [0.1, 0.15) is 17.3 Å². The number of rotatable bonds is 8. The van der Waals surface area contributed by atoms with Gasteiger partial charge in [-0.05, 0) is 53.1 Å². The number of likely N-dealkylation sites (tertiary alicyclic amines) is 1. The molecule has 5 rings (SSSR count). The maximum absolute atomic E-state index is 13.2. The molecule has 2 aliphatic rings. The van der Waals surface area contributed by atoms with Crippen LogP contribution in [0.4, 0.5) is 17.6 Å². The van der Waals surface area contributed by atoms with E-state index >= 15 is 0 Å². The summed E-state index contributed by atoms with van der Waals surface area (Å²) in [5, 5.41) is 1.68. The van der Waals surface area contributed by atoms with Crippen molar-refractivity contribution in [2.45, 2.75) is 19.5 Å². The summed E-state index contributed by atoms with van der Waals surface area (Å²) in [6.45, 7) is 3.25. The molecule has 2 aromatic carbocycles. The quantitative estimate of drug-likeness (QED) is 0.395. The summed E-state index contributed by atoms with van der Waals surface area (Å²) in [4.78, 5) is 21.3. The van der Waals surface area contributed by atoms with E-state index in [4.69, 9.17) is 0 Å². The van der Waals surface area contributed by atoms with Gasteiger partial charge in [-0.15, -0.1) is 24.5 Å². The zero-order valence-electron chi connectivity index (χ0n) is 18.6. The molecule has 0 spiro atoms. The summed E-state index contributed by atoms with van der Waals surface area (Å²) in [5.41, 5.74) is 3.54. The molecule has 1 amide bonds. The lowest BCUT2D eigenvalue weighted by molar-refractivity contribution is -0.274. The van der Waals surface area contributed by atoms with Crippen molar-refractivity contribution < 1.29 is 27.1 Å². The lowest BCUT2D eigenvalue weighted by atomic mass is 10.1. The maximum Gasteiger partial charge on any atom is 0.573 e. The van der Waals surface area contributed by atoms with Gasteiger partial charge in [-0.3, -0.25) is 9.69 Å². The molecule has 5 nitrogen and oxygen atoms in total. The molecule has 3 aromatic rings. The molecule has 2 heterocycles. The molecule has 1 aliphatic carbocycles. The number of carbonyl (C=O) groups excluding carboxylic acids is 1. The molecule has 2 atom stereocenters. The van der Waals surface area contributed by atoms with Crippen molar-refractivity contribution >= 4 is 17.2 Å². The smallest absolute Gasteiger partial charge is 0.406 e. The van der Waals surface area contributed by atoms with Gasteiger partial charge in [-0.2, -0.15) is 0 Å². The van der Waals surface area contributed by atoms with Crippen LogP contribution in [0, 0.1) is 23.6 Å². The Bertz CT molecular complexity index is 1160. The fourth-order valence-electron chi connectivity index (χ4n) is 5.00. The fourth-order valence-corrected chi connectivity index (χ4v) is 5.53. The third kappa shape index (κ3) is 5.82. The van der Waals surface area contributed by atoms with Crippen LogP contribution in [0.15, 0.2) is 59.4 Å². The van der Waals surface area contributed by atoms with E-state index in [0.717, 1.165) is 25.2 Å². The summed E-state index contributed by atoms with van der Waals surface area (Å²) in [7, 11) is 0.